The van der Waals surface area contributed by atoms with Gasteiger partial charge >= 0.3 is 0 Å². The maximum atomic E-state index is 11.1. The normalized spacial score (nSPS) is 21.8. The minimum absolute atomic E-state index is 0.0791. The quantitative estimate of drug-likeness (QED) is 0.708. The highest BCUT2D eigenvalue weighted by atomic mass is 16.5. The topological polar surface area (TPSA) is 51.2 Å². The number of pyridine rings is 1. The number of ether oxygens (including phenoxy) is 1. The highest BCUT2D eigenvalue weighted by Crippen LogP contribution is 2.13. The van der Waals surface area contributed by atoms with Gasteiger partial charge in [0.1, 0.15) is 6.61 Å². The van der Waals surface area contributed by atoms with Crippen LogP contribution in [0.3, 0.4) is 0 Å². The first-order valence-corrected chi connectivity index (χ1v) is 4.56. The molecule has 1 amide bonds. The van der Waals surface area contributed by atoms with Crippen LogP contribution < -0.4 is 5.32 Å². The van der Waals surface area contributed by atoms with Crippen molar-refractivity contribution in [2.24, 2.45) is 0 Å². The van der Waals surface area contributed by atoms with Crippen LogP contribution >= 0.6 is 0 Å². The van der Waals surface area contributed by atoms with Crippen molar-refractivity contribution in [2.75, 3.05) is 13.2 Å². The van der Waals surface area contributed by atoms with Crippen molar-refractivity contribution in [3.8, 4) is 0 Å². The van der Waals surface area contributed by atoms with Gasteiger partial charge in [-0.05, 0) is 19.1 Å². The van der Waals surface area contributed by atoms with E-state index in [2.05, 4.69) is 10.3 Å². The molecule has 0 aliphatic carbocycles. The molecule has 1 aromatic heterocycles. The summed E-state index contributed by atoms with van der Waals surface area (Å²) in [6.45, 7) is 2.58. The second-order valence-corrected chi connectivity index (χ2v) is 3.34. The van der Waals surface area contributed by atoms with Crippen molar-refractivity contribution in [1.82, 2.24) is 10.3 Å². The minimum Gasteiger partial charge on any atom is -0.369 e. The summed E-state index contributed by atoms with van der Waals surface area (Å²) in [5, 5.41) is 2.83. The van der Waals surface area contributed by atoms with Crippen LogP contribution in [0.15, 0.2) is 18.2 Å². The molecule has 1 saturated heterocycles. The molecule has 0 bridgehead atoms. The average Bonchev–Trinajstić information content (AvgIpc) is 2.18. The lowest BCUT2D eigenvalue weighted by molar-refractivity contribution is -0.131. The predicted octanol–water partition coefficient (Wildman–Crippen LogP) is 0.578. The largest absolute Gasteiger partial charge is 0.369 e. The fraction of sp³-hybridized carbons (Fsp3) is 0.400. The number of morpholine rings is 1. The Kier molecular flexibility index (Phi) is 2.45. The smallest absolute Gasteiger partial charge is 0.246 e. The van der Waals surface area contributed by atoms with Crippen LogP contribution in [0.25, 0.3) is 0 Å². The van der Waals surface area contributed by atoms with Crippen molar-refractivity contribution in [1.29, 1.82) is 0 Å². The van der Waals surface area contributed by atoms with E-state index in [1.807, 2.05) is 25.1 Å². The summed E-state index contributed by atoms with van der Waals surface area (Å²) >= 11 is 0. The molecule has 2 rings (SSSR count). The molecule has 1 aliphatic heterocycles. The Morgan fingerprint density at radius 3 is 3.14 bits per heavy atom. The molecule has 0 spiro atoms. The lowest BCUT2D eigenvalue weighted by Crippen LogP contribution is -2.40. The minimum atomic E-state index is -0.101. The van der Waals surface area contributed by atoms with E-state index in [1.54, 1.807) is 0 Å². The zero-order chi connectivity index (χ0) is 9.97. The standard InChI is InChI=1S/C10H12N2O2/c1-7-3-2-4-8(11-7)9-5-14-6-10(13)12-9/h2-4,9H,5-6H2,1H3,(H,12,13). The van der Waals surface area contributed by atoms with Gasteiger partial charge < -0.3 is 10.1 Å². The van der Waals surface area contributed by atoms with Gasteiger partial charge in [0, 0.05) is 5.69 Å². The summed E-state index contributed by atoms with van der Waals surface area (Å²) < 4.78 is 5.14. The third kappa shape index (κ3) is 1.90. The van der Waals surface area contributed by atoms with Crippen molar-refractivity contribution in [3.63, 3.8) is 0 Å². The number of aryl methyl sites for hydroxylation is 1. The number of hydrogen-bond donors (Lipinski definition) is 1. The van der Waals surface area contributed by atoms with Gasteiger partial charge in [0.25, 0.3) is 0 Å². The van der Waals surface area contributed by atoms with Crippen LogP contribution in [0, 0.1) is 6.92 Å². The van der Waals surface area contributed by atoms with Crippen molar-refractivity contribution >= 4 is 5.91 Å². The molecular formula is C10H12N2O2. The Hall–Kier alpha value is -1.42. The van der Waals surface area contributed by atoms with Crippen LogP contribution in [0.2, 0.25) is 0 Å². The monoisotopic (exact) mass is 192 g/mol. The zero-order valence-corrected chi connectivity index (χ0v) is 7.99. The fourth-order valence-electron chi connectivity index (χ4n) is 1.46. The van der Waals surface area contributed by atoms with Crippen molar-refractivity contribution in [2.45, 2.75) is 13.0 Å². The molecule has 4 heteroatoms. The predicted molar refractivity (Wildman–Crippen MR) is 50.7 cm³/mol. The fourth-order valence-corrected chi connectivity index (χ4v) is 1.46. The van der Waals surface area contributed by atoms with Gasteiger partial charge in [-0.15, -0.1) is 0 Å². The molecule has 14 heavy (non-hydrogen) atoms. The van der Waals surface area contributed by atoms with E-state index in [0.29, 0.717) is 6.61 Å². The molecule has 1 aliphatic rings. The number of nitrogens with zero attached hydrogens (tertiary/aromatic N) is 1. The molecule has 0 saturated carbocycles. The Morgan fingerprint density at radius 1 is 1.57 bits per heavy atom. The Balaban J connectivity index is 2.17. The molecule has 1 aromatic rings. The van der Waals surface area contributed by atoms with Crippen LogP contribution in [0.5, 0.6) is 0 Å². The summed E-state index contributed by atoms with van der Waals surface area (Å²) in [4.78, 5) is 15.4. The number of rotatable bonds is 1. The van der Waals surface area contributed by atoms with E-state index >= 15 is 0 Å². The van der Waals surface area contributed by atoms with E-state index < -0.39 is 0 Å². The lowest BCUT2D eigenvalue weighted by Gasteiger charge is -2.23. The Labute approximate surface area is 82.3 Å². The number of aromatic nitrogens is 1. The number of hydrogen-bond acceptors (Lipinski definition) is 3. The van der Waals surface area contributed by atoms with Gasteiger partial charge in [-0.2, -0.15) is 0 Å². The maximum Gasteiger partial charge on any atom is 0.246 e. The van der Waals surface area contributed by atoms with Gasteiger partial charge in [0.05, 0.1) is 18.3 Å². The summed E-state index contributed by atoms with van der Waals surface area (Å²) in [6.07, 6.45) is 0. The van der Waals surface area contributed by atoms with Gasteiger partial charge in [0.2, 0.25) is 5.91 Å². The van der Waals surface area contributed by atoms with Crippen LogP contribution in [0.4, 0.5) is 0 Å². The maximum absolute atomic E-state index is 11.1. The zero-order valence-electron chi connectivity index (χ0n) is 7.99. The lowest BCUT2D eigenvalue weighted by atomic mass is 10.1. The first-order valence-electron chi connectivity index (χ1n) is 4.56. The van der Waals surface area contributed by atoms with Crippen molar-refractivity contribution < 1.29 is 9.53 Å². The number of nitrogens with one attached hydrogen (secondary N) is 1. The third-order valence-electron chi connectivity index (χ3n) is 2.12. The first-order chi connectivity index (χ1) is 6.75. The van der Waals surface area contributed by atoms with Gasteiger partial charge in [0.15, 0.2) is 0 Å². The molecule has 1 unspecified atom stereocenters. The van der Waals surface area contributed by atoms with Gasteiger partial charge in [-0.25, -0.2) is 0 Å². The third-order valence-corrected chi connectivity index (χ3v) is 2.12. The second kappa shape index (κ2) is 3.75. The van der Waals surface area contributed by atoms with Gasteiger partial charge in [-0.1, -0.05) is 6.07 Å². The van der Waals surface area contributed by atoms with Crippen molar-refractivity contribution in [3.05, 3.63) is 29.6 Å². The molecule has 4 nitrogen and oxygen atoms in total. The average molecular weight is 192 g/mol. The van der Waals surface area contributed by atoms with E-state index in [4.69, 9.17) is 4.74 Å². The number of amides is 1. The van der Waals surface area contributed by atoms with Crippen LogP contribution in [-0.2, 0) is 9.53 Å². The molecule has 1 N–H and O–H groups in total. The highest BCUT2D eigenvalue weighted by Gasteiger charge is 2.20. The van der Waals surface area contributed by atoms with E-state index in [1.165, 1.54) is 0 Å². The molecule has 0 aromatic carbocycles. The Bertz CT molecular complexity index is 352. The summed E-state index contributed by atoms with van der Waals surface area (Å²) in [6, 6.07) is 5.65. The summed E-state index contributed by atoms with van der Waals surface area (Å²) in [5.41, 5.74) is 1.81. The molecule has 0 radical (unpaired) electrons. The molecule has 2 heterocycles. The molecule has 74 valence electrons. The first kappa shape index (κ1) is 9.15. The number of carbonyl (C=O) groups excluding carboxylic acids is 1. The molecular weight excluding hydrogens is 180 g/mol. The number of carbonyl (C=O) groups is 1. The van der Waals surface area contributed by atoms with Gasteiger partial charge in [-0.3, -0.25) is 9.78 Å². The highest BCUT2D eigenvalue weighted by molar-refractivity contribution is 5.78. The summed E-state index contributed by atoms with van der Waals surface area (Å²) in [7, 11) is 0. The molecule has 1 atom stereocenters. The van der Waals surface area contributed by atoms with Crippen LogP contribution in [0.1, 0.15) is 17.4 Å². The Morgan fingerprint density at radius 2 is 2.43 bits per heavy atom. The van der Waals surface area contributed by atoms with E-state index in [9.17, 15) is 4.79 Å². The second-order valence-electron chi connectivity index (χ2n) is 3.34. The SMILES string of the molecule is Cc1cccc(C2COCC(=O)N2)n1. The van der Waals surface area contributed by atoms with E-state index in [-0.39, 0.29) is 18.6 Å². The summed E-state index contributed by atoms with van der Waals surface area (Å²) in [5.74, 6) is -0.0791. The molecule has 1 fully saturated rings. The van der Waals surface area contributed by atoms with Crippen LogP contribution in [-0.4, -0.2) is 24.1 Å². The van der Waals surface area contributed by atoms with E-state index in [0.717, 1.165) is 11.4 Å².